The lowest BCUT2D eigenvalue weighted by Gasteiger charge is -2.25. The monoisotopic (exact) mass is 319 g/mol. The summed E-state index contributed by atoms with van der Waals surface area (Å²) in [4.78, 5) is 24.7. The van der Waals surface area contributed by atoms with Gasteiger partial charge in [0.25, 0.3) is 0 Å². The number of primary amides is 1. The van der Waals surface area contributed by atoms with Crippen molar-refractivity contribution in [3.05, 3.63) is 35.4 Å². The second-order valence-corrected chi connectivity index (χ2v) is 5.92. The van der Waals surface area contributed by atoms with Crippen LogP contribution in [0.15, 0.2) is 24.3 Å². The Labute approximate surface area is 137 Å². The Balaban J connectivity index is 1.71. The van der Waals surface area contributed by atoms with Gasteiger partial charge in [-0.3, -0.25) is 4.79 Å². The van der Waals surface area contributed by atoms with E-state index in [1.165, 1.54) is 6.42 Å². The van der Waals surface area contributed by atoms with E-state index in [0.29, 0.717) is 18.7 Å². The van der Waals surface area contributed by atoms with Crippen molar-refractivity contribution in [2.45, 2.75) is 38.3 Å². The average molecular weight is 319 g/mol. The van der Waals surface area contributed by atoms with Crippen LogP contribution in [0.3, 0.4) is 0 Å². The lowest BCUT2D eigenvalue weighted by atomic mass is 10.1. The van der Waals surface area contributed by atoms with Crippen molar-refractivity contribution in [1.82, 2.24) is 10.2 Å². The Bertz CT molecular complexity index is 524. The largest absolute Gasteiger partial charge is 0.378 e. The quantitative estimate of drug-likeness (QED) is 0.839. The van der Waals surface area contributed by atoms with Crippen LogP contribution in [-0.4, -0.2) is 43.1 Å². The average Bonchev–Trinajstić information content (AvgIpc) is 2.58. The van der Waals surface area contributed by atoms with E-state index in [2.05, 4.69) is 5.32 Å². The van der Waals surface area contributed by atoms with Crippen molar-refractivity contribution in [2.75, 3.05) is 20.2 Å². The van der Waals surface area contributed by atoms with Gasteiger partial charge in [0.05, 0.1) is 6.10 Å². The minimum absolute atomic E-state index is 0.111. The van der Waals surface area contributed by atoms with Crippen LogP contribution in [0.4, 0.5) is 4.79 Å². The zero-order valence-electron chi connectivity index (χ0n) is 13.6. The summed E-state index contributed by atoms with van der Waals surface area (Å²) in [7, 11) is 1.79. The number of hydrogen-bond donors (Lipinski definition) is 2. The lowest BCUT2D eigenvalue weighted by molar-refractivity contribution is 0.00827. The number of hydrogen-bond acceptors (Lipinski definition) is 3. The minimum Gasteiger partial charge on any atom is -0.378 e. The molecular formula is C17H25N3O3. The predicted octanol–water partition coefficient (Wildman–Crippen LogP) is 1.89. The number of benzene rings is 1. The van der Waals surface area contributed by atoms with Crippen LogP contribution >= 0.6 is 0 Å². The molecule has 1 fully saturated rings. The van der Waals surface area contributed by atoms with Crippen molar-refractivity contribution < 1.29 is 14.3 Å². The molecule has 3 N–H and O–H groups in total. The molecule has 0 aliphatic carbocycles. The fourth-order valence-electron chi connectivity index (χ4n) is 2.57. The second-order valence-electron chi connectivity index (χ2n) is 5.92. The summed E-state index contributed by atoms with van der Waals surface area (Å²) >= 11 is 0. The van der Waals surface area contributed by atoms with Gasteiger partial charge in [-0.15, -0.1) is 0 Å². The van der Waals surface area contributed by atoms with Gasteiger partial charge in [-0.2, -0.15) is 0 Å². The summed E-state index contributed by atoms with van der Waals surface area (Å²) in [6.45, 7) is 1.93. The third kappa shape index (κ3) is 5.56. The molecule has 6 nitrogen and oxygen atoms in total. The molecule has 1 atom stereocenters. The third-order valence-electron chi connectivity index (χ3n) is 4.09. The molecular weight excluding hydrogens is 294 g/mol. The molecule has 1 aromatic carbocycles. The number of amides is 3. The number of carbonyl (C=O) groups is 2. The molecule has 0 saturated carbocycles. The van der Waals surface area contributed by atoms with E-state index in [1.807, 2.05) is 0 Å². The summed E-state index contributed by atoms with van der Waals surface area (Å²) in [5, 5.41) is 2.87. The number of nitrogens with one attached hydrogen (secondary N) is 1. The summed E-state index contributed by atoms with van der Waals surface area (Å²) in [5.74, 6) is -0.453. The molecule has 0 unspecified atom stereocenters. The number of rotatable bonds is 6. The van der Waals surface area contributed by atoms with E-state index < -0.39 is 5.91 Å². The van der Waals surface area contributed by atoms with E-state index in [1.54, 1.807) is 36.2 Å². The molecule has 1 aliphatic rings. The van der Waals surface area contributed by atoms with Gasteiger partial charge >= 0.3 is 6.03 Å². The summed E-state index contributed by atoms with van der Waals surface area (Å²) in [6.07, 6.45) is 4.59. The van der Waals surface area contributed by atoms with Crippen LogP contribution in [0.5, 0.6) is 0 Å². The molecule has 23 heavy (non-hydrogen) atoms. The lowest BCUT2D eigenvalue weighted by Crippen LogP contribution is -2.38. The first-order chi connectivity index (χ1) is 11.1. The Kier molecular flexibility index (Phi) is 6.40. The van der Waals surface area contributed by atoms with Gasteiger partial charge in [0, 0.05) is 32.3 Å². The van der Waals surface area contributed by atoms with Gasteiger partial charge in [0.15, 0.2) is 0 Å². The first-order valence-corrected chi connectivity index (χ1v) is 8.05. The van der Waals surface area contributed by atoms with Crippen molar-refractivity contribution in [1.29, 1.82) is 0 Å². The topological polar surface area (TPSA) is 84.7 Å². The van der Waals surface area contributed by atoms with Gasteiger partial charge in [-0.1, -0.05) is 12.1 Å². The van der Waals surface area contributed by atoms with Gasteiger partial charge in [0.1, 0.15) is 0 Å². The van der Waals surface area contributed by atoms with E-state index >= 15 is 0 Å². The summed E-state index contributed by atoms with van der Waals surface area (Å²) in [6, 6.07) is 6.79. The normalized spacial score (nSPS) is 17.5. The van der Waals surface area contributed by atoms with Crippen LogP contribution in [0.2, 0.25) is 0 Å². The van der Waals surface area contributed by atoms with Crippen molar-refractivity contribution in [3.8, 4) is 0 Å². The molecule has 1 heterocycles. The molecule has 6 heteroatoms. The number of ether oxygens (including phenoxy) is 1. The zero-order valence-corrected chi connectivity index (χ0v) is 13.6. The number of nitrogens with zero attached hydrogens (tertiary/aromatic N) is 1. The van der Waals surface area contributed by atoms with Crippen LogP contribution in [-0.2, 0) is 11.3 Å². The first-order valence-electron chi connectivity index (χ1n) is 8.05. The highest BCUT2D eigenvalue weighted by molar-refractivity contribution is 5.92. The molecule has 0 radical (unpaired) electrons. The van der Waals surface area contributed by atoms with Crippen molar-refractivity contribution >= 4 is 11.9 Å². The Hall–Kier alpha value is -2.08. The van der Waals surface area contributed by atoms with Crippen molar-refractivity contribution in [3.63, 3.8) is 0 Å². The molecule has 2 rings (SSSR count). The van der Waals surface area contributed by atoms with Gasteiger partial charge < -0.3 is 20.7 Å². The van der Waals surface area contributed by atoms with E-state index in [0.717, 1.165) is 31.4 Å². The zero-order chi connectivity index (χ0) is 16.7. The smallest absolute Gasteiger partial charge is 0.317 e. The van der Waals surface area contributed by atoms with Crippen LogP contribution in [0.25, 0.3) is 0 Å². The fourth-order valence-corrected chi connectivity index (χ4v) is 2.57. The van der Waals surface area contributed by atoms with E-state index in [9.17, 15) is 9.59 Å². The Morgan fingerprint density at radius 1 is 1.30 bits per heavy atom. The third-order valence-corrected chi connectivity index (χ3v) is 4.09. The molecule has 0 spiro atoms. The number of nitrogens with two attached hydrogens (primary N) is 1. The van der Waals surface area contributed by atoms with Crippen LogP contribution < -0.4 is 11.1 Å². The molecule has 1 saturated heterocycles. The Morgan fingerprint density at radius 3 is 2.65 bits per heavy atom. The number of urea groups is 1. The van der Waals surface area contributed by atoms with Crippen LogP contribution in [0, 0.1) is 0 Å². The molecule has 0 bridgehead atoms. The predicted molar refractivity (Wildman–Crippen MR) is 88.0 cm³/mol. The van der Waals surface area contributed by atoms with Gasteiger partial charge in [-0.25, -0.2) is 4.79 Å². The standard InChI is InChI=1S/C17H25N3O3/c1-20(10-9-15-4-2-3-11-23-15)17(22)19-12-13-5-7-14(8-6-13)16(18)21/h5-8,15H,2-4,9-12H2,1H3,(H2,18,21)(H,19,22)/t15-/m0/s1. The molecule has 1 aliphatic heterocycles. The van der Waals surface area contributed by atoms with Gasteiger partial charge in [-0.05, 0) is 43.4 Å². The van der Waals surface area contributed by atoms with E-state index in [-0.39, 0.29) is 12.1 Å². The summed E-state index contributed by atoms with van der Waals surface area (Å²) < 4.78 is 5.67. The first kappa shape index (κ1) is 17.3. The molecule has 3 amide bonds. The SMILES string of the molecule is CN(CC[C@@H]1CCCCO1)C(=O)NCc1ccc(C(N)=O)cc1. The molecule has 126 valence electrons. The minimum atomic E-state index is -0.453. The fraction of sp³-hybridized carbons (Fsp3) is 0.529. The van der Waals surface area contributed by atoms with Gasteiger partial charge in [0.2, 0.25) is 5.91 Å². The summed E-state index contributed by atoms with van der Waals surface area (Å²) in [5.41, 5.74) is 6.58. The maximum Gasteiger partial charge on any atom is 0.317 e. The highest BCUT2D eigenvalue weighted by Gasteiger charge is 2.16. The molecule has 1 aromatic rings. The van der Waals surface area contributed by atoms with E-state index in [4.69, 9.17) is 10.5 Å². The van der Waals surface area contributed by atoms with Crippen LogP contribution in [0.1, 0.15) is 41.6 Å². The van der Waals surface area contributed by atoms with Crippen molar-refractivity contribution in [2.24, 2.45) is 5.73 Å². The number of carbonyl (C=O) groups excluding carboxylic acids is 2. The highest BCUT2D eigenvalue weighted by atomic mass is 16.5. The Morgan fingerprint density at radius 2 is 2.04 bits per heavy atom. The maximum absolute atomic E-state index is 12.1. The molecule has 0 aromatic heterocycles. The maximum atomic E-state index is 12.1. The highest BCUT2D eigenvalue weighted by Crippen LogP contribution is 2.15. The second kappa shape index (κ2) is 8.53.